The van der Waals surface area contributed by atoms with Gasteiger partial charge in [0, 0.05) is 12.5 Å². The highest BCUT2D eigenvalue weighted by molar-refractivity contribution is 5.78. The van der Waals surface area contributed by atoms with Crippen molar-refractivity contribution in [1.29, 1.82) is 0 Å². The van der Waals surface area contributed by atoms with Gasteiger partial charge in [-0.15, -0.1) is 0 Å². The molecule has 0 heterocycles. The molecule has 0 aliphatic heterocycles. The fourth-order valence-corrected chi connectivity index (χ4v) is 1.25. The molecular weight excluding hydrogens is 164 g/mol. The molecule has 0 aromatic carbocycles. The molecule has 0 aromatic heterocycles. The highest BCUT2D eigenvalue weighted by Gasteiger charge is 2.37. The lowest BCUT2D eigenvalue weighted by molar-refractivity contribution is -0.124. The summed E-state index contributed by atoms with van der Waals surface area (Å²) in [5.41, 5.74) is 5.78. The minimum Gasteiger partial charge on any atom is -0.355 e. The smallest absolute Gasteiger partial charge is 0.222 e. The van der Waals surface area contributed by atoms with Crippen molar-refractivity contribution < 1.29 is 4.79 Å². The van der Waals surface area contributed by atoms with Gasteiger partial charge in [-0.05, 0) is 31.2 Å². The van der Waals surface area contributed by atoms with Crippen LogP contribution in [0.4, 0.5) is 0 Å². The van der Waals surface area contributed by atoms with Crippen LogP contribution in [-0.2, 0) is 4.79 Å². The van der Waals surface area contributed by atoms with Crippen LogP contribution >= 0.6 is 0 Å². The first-order valence-corrected chi connectivity index (χ1v) is 5.05. The average molecular weight is 184 g/mol. The summed E-state index contributed by atoms with van der Waals surface area (Å²) in [6.07, 6.45) is 3.28. The van der Waals surface area contributed by atoms with E-state index in [1.807, 2.05) is 6.92 Å². The van der Waals surface area contributed by atoms with Crippen LogP contribution in [0.1, 0.15) is 33.1 Å². The summed E-state index contributed by atoms with van der Waals surface area (Å²) in [6, 6.07) is 0. The van der Waals surface area contributed by atoms with Gasteiger partial charge in [0.15, 0.2) is 0 Å². The second-order valence-corrected chi connectivity index (χ2v) is 4.51. The highest BCUT2D eigenvalue weighted by Crippen LogP contribution is 2.44. The van der Waals surface area contributed by atoms with Gasteiger partial charge in [0.2, 0.25) is 5.91 Å². The van der Waals surface area contributed by atoms with E-state index in [4.69, 9.17) is 5.73 Å². The monoisotopic (exact) mass is 184 g/mol. The van der Waals surface area contributed by atoms with E-state index in [0.29, 0.717) is 12.0 Å². The lowest BCUT2D eigenvalue weighted by Gasteiger charge is -2.13. The van der Waals surface area contributed by atoms with Crippen LogP contribution in [0, 0.1) is 11.3 Å². The molecule has 1 amide bonds. The molecule has 1 saturated carbocycles. The number of carbonyl (C=O) groups is 1. The molecule has 3 heteroatoms. The van der Waals surface area contributed by atoms with Crippen LogP contribution < -0.4 is 11.1 Å². The Morgan fingerprint density at radius 1 is 1.62 bits per heavy atom. The lowest BCUT2D eigenvalue weighted by Crippen LogP contribution is -2.34. The van der Waals surface area contributed by atoms with E-state index in [1.54, 1.807) is 0 Å². The fraction of sp³-hybridized carbons (Fsp3) is 0.900. The molecule has 3 nitrogen and oxygen atoms in total. The van der Waals surface area contributed by atoms with E-state index in [2.05, 4.69) is 12.2 Å². The average Bonchev–Trinajstić information content (AvgIpc) is 2.81. The van der Waals surface area contributed by atoms with E-state index < -0.39 is 0 Å². The van der Waals surface area contributed by atoms with E-state index >= 15 is 0 Å². The maximum Gasteiger partial charge on any atom is 0.222 e. The van der Waals surface area contributed by atoms with Crippen LogP contribution in [0.3, 0.4) is 0 Å². The molecule has 76 valence electrons. The molecule has 1 aliphatic rings. The Hall–Kier alpha value is -0.570. The number of hydrogen-bond donors (Lipinski definition) is 2. The van der Waals surface area contributed by atoms with Gasteiger partial charge in [-0.25, -0.2) is 0 Å². The number of nitrogens with one attached hydrogen (secondary N) is 1. The van der Waals surface area contributed by atoms with Crippen molar-refractivity contribution in [2.75, 3.05) is 13.1 Å². The third kappa shape index (κ3) is 3.35. The molecule has 0 bridgehead atoms. The molecule has 0 radical (unpaired) electrons. The van der Waals surface area contributed by atoms with Crippen LogP contribution in [0.5, 0.6) is 0 Å². The van der Waals surface area contributed by atoms with Crippen molar-refractivity contribution in [1.82, 2.24) is 5.32 Å². The Labute approximate surface area is 80.1 Å². The van der Waals surface area contributed by atoms with Gasteiger partial charge in [-0.2, -0.15) is 0 Å². The van der Waals surface area contributed by atoms with Gasteiger partial charge in [0.25, 0.3) is 0 Å². The minimum atomic E-state index is 0.0624. The molecule has 1 rings (SSSR count). The highest BCUT2D eigenvalue weighted by atomic mass is 16.1. The van der Waals surface area contributed by atoms with Crippen molar-refractivity contribution in [3.63, 3.8) is 0 Å². The first kappa shape index (κ1) is 10.5. The number of nitrogens with two attached hydrogens (primary N) is 1. The third-order valence-electron chi connectivity index (χ3n) is 2.84. The van der Waals surface area contributed by atoms with Gasteiger partial charge in [0.05, 0.1) is 0 Å². The largest absolute Gasteiger partial charge is 0.355 e. The molecule has 1 aliphatic carbocycles. The summed E-state index contributed by atoms with van der Waals surface area (Å²) in [7, 11) is 0. The summed E-state index contributed by atoms with van der Waals surface area (Å²) in [5, 5.41) is 2.98. The zero-order chi connectivity index (χ0) is 9.90. The van der Waals surface area contributed by atoms with Gasteiger partial charge >= 0.3 is 0 Å². The van der Waals surface area contributed by atoms with Crippen molar-refractivity contribution in [2.45, 2.75) is 33.1 Å². The Kier molecular flexibility index (Phi) is 3.31. The topological polar surface area (TPSA) is 55.1 Å². The van der Waals surface area contributed by atoms with Crippen molar-refractivity contribution in [2.24, 2.45) is 17.1 Å². The Balaban J connectivity index is 2.16. The van der Waals surface area contributed by atoms with Gasteiger partial charge in [0.1, 0.15) is 0 Å². The summed E-state index contributed by atoms with van der Waals surface area (Å²) in [5.74, 6) is 0.214. The van der Waals surface area contributed by atoms with E-state index in [1.165, 1.54) is 12.8 Å². The quantitative estimate of drug-likeness (QED) is 0.666. The lowest BCUT2D eigenvalue weighted by atomic mass is 10.1. The Morgan fingerprint density at radius 3 is 2.69 bits per heavy atom. The second-order valence-electron chi connectivity index (χ2n) is 4.51. The Bertz CT molecular complexity index is 187. The van der Waals surface area contributed by atoms with Crippen LogP contribution in [0.25, 0.3) is 0 Å². The first-order valence-electron chi connectivity index (χ1n) is 5.05. The normalized spacial score (nSPS) is 20.8. The van der Waals surface area contributed by atoms with Crippen molar-refractivity contribution in [3.05, 3.63) is 0 Å². The van der Waals surface area contributed by atoms with E-state index in [0.717, 1.165) is 13.0 Å². The van der Waals surface area contributed by atoms with Crippen LogP contribution in [0.15, 0.2) is 0 Å². The second kappa shape index (κ2) is 4.09. The van der Waals surface area contributed by atoms with E-state index in [9.17, 15) is 4.79 Å². The number of amides is 1. The van der Waals surface area contributed by atoms with Crippen molar-refractivity contribution in [3.8, 4) is 0 Å². The molecule has 1 fully saturated rings. The molecule has 13 heavy (non-hydrogen) atoms. The predicted octanol–water partition coefficient (Wildman–Crippen LogP) is 0.888. The maximum absolute atomic E-state index is 11.4. The first-order chi connectivity index (χ1) is 6.07. The number of hydrogen-bond acceptors (Lipinski definition) is 2. The SMILES string of the molecule is CC(CCN)C(=O)NCC1(C)CC1. The fourth-order valence-electron chi connectivity index (χ4n) is 1.25. The van der Waals surface area contributed by atoms with Gasteiger partial charge in [-0.3, -0.25) is 4.79 Å². The molecule has 1 unspecified atom stereocenters. The van der Waals surface area contributed by atoms with Crippen LogP contribution in [0.2, 0.25) is 0 Å². The molecule has 3 N–H and O–H groups in total. The van der Waals surface area contributed by atoms with Crippen LogP contribution in [-0.4, -0.2) is 19.0 Å². The number of carbonyl (C=O) groups excluding carboxylic acids is 1. The van der Waals surface area contributed by atoms with Gasteiger partial charge in [-0.1, -0.05) is 13.8 Å². The standard InChI is InChI=1S/C10H20N2O/c1-8(3-6-11)9(13)12-7-10(2)4-5-10/h8H,3-7,11H2,1-2H3,(H,12,13). The summed E-state index contributed by atoms with van der Waals surface area (Å²) < 4.78 is 0. The zero-order valence-corrected chi connectivity index (χ0v) is 8.60. The summed E-state index contributed by atoms with van der Waals surface area (Å²) >= 11 is 0. The number of rotatable bonds is 5. The summed E-state index contributed by atoms with van der Waals surface area (Å²) in [6.45, 7) is 5.56. The molecular formula is C10H20N2O. The minimum absolute atomic E-state index is 0.0624. The predicted molar refractivity (Wildman–Crippen MR) is 53.2 cm³/mol. The van der Waals surface area contributed by atoms with Crippen molar-refractivity contribution >= 4 is 5.91 Å². The molecule has 1 atom stereocenters. The van der Waals surface area contributed by atoms with Gasteiger partial charge < -0.3 is 11.1 Å². The summed E-state index contributed by atoms with van der Waals surface area (Å²) in [4.78, 5) is 11.4. The Morgan fingerprint density at radius 2 is 2.23 bits per heavy atom. The molecule has 0 aromatic rings. The van der Waals surface area contributed by atoms with E-state index in [-0.39, 0.29) is 11.8 Å². The molecule has 0 spiro atoms. The maximum atomic E-state index is 11.4. The molecule has 0 saturated heterocycles. The third-order valence-corrected chi connectivity index (χ3v) is 2.84. The zero-order valence-electron chi connectivity index (χ0n) is 8.60.